The lowest BCUT2D eigenvalue weighted by atomic mass is 10.0. The predicted octanol–water partition coefficient (Wildman–Crippen LogP) is 3.48. The molecule has 2 aromatic rings. The number of ether oxygens (including phenoxy) is 2. The number of hydrogen-bond donors (Lipinski definition) is 2. The van der Waals surface area contributed by atoms with Crippen LogP contribution >= 0.6 is 11.8 Å². The van der Waals surface area contributed by atoms with Crippen LogP contribution in [0.2, 0.25) is 0 Å². The number of alkyl carbamates (subject to hydrolysis) is 1. The monoisotopic (exact) mass is 597 g/mol. The molecule has 42 heavy (non-hydrogen) atoms. The van der Waals surface area contributed by atoms with E-state index in [2.05, 4.69) is 10.6 Å². The second-order valence-corrected chi connectivity index (χ2v) is 12.4. The van der Waals surface area contributed by atoms with Gasteiger partial charge in [0.1, 0.15) is 30.3 Å². The number of ketones is 1. The molecule has 1 saturated heterocycles. The summed E-state index contributed by atoms with van der Waals surface area (Å²) in [5.41, 5.74) is 0.713. The molecular formula is C31H39N3O7S. The van der Waals surface area contributed by atoms with E-state index in [-0.39, 0.29) is 24.8 Å². The summed E-state index contributed by atoms with van der Waals surface area (Å²) in [7, 11) is 0. The van der Waals surface area contributed by atoms with E-state index in [1.165, 1.54) is 16.7 Å². The Labute approximate surface area is 250 Å². The van der Waals surface area contributed by atoms with Crippen molar-refractivity contribution in [1.29, 1.82) is 0 Å². The topological polar surface area (TPSA) is 131 Å². The third kappa shape index (κ3) is 9.61. The molecule has 0 spiro atoms. The average Bonchev–Trinajstić information content (AvgIpc) is 3.44. The lowest BCUT2D eigenvalue weighted by molar-refractivity contribution is -0.156. The van der Waals surface area contributed by atoms with E-state index < -0.39 is 53.4 Å². The molecule has 1 aliphatic heterocycles. The number of esters is 1. The normalized spacial score (nSPS) is 16.3. The van der Waals surface area contributed by atoms with Gasteiger partial charge in [-0.25, -0.2) is 9.59 Å². The number of hydrogen-bond acceptors (Lipinski definition) is 8. The molecule has 1 fully saturated rings. The third-order valence-electron chi connectivity index (χ3n) is 6.40. The first-order valence-electron chi connectivity index (χ1n) is 13.8. The van der Waals surface area contributed by atoms with Crippen LogP contribution in [-0.4, -0.2) is 69.9 Å². The number of carbonyl (C=O) groups is 5. The molecule has 0 aliphatic carbocycles. The molecule has 3 atom stereocenters. The average molecular weight is 598 g/mol. The van der Waals surface area contributed by atoms with Gasteiger partial charge in [-0.2, -0.15) is 0 Å². The zero-order valence-electron chi connectivity index (χ0n) is 24.6. The van der Waals surface area contributed by atoms with Gasteiger partial charge in [-0.1, -0.05) is 74.5 Å². The molecule has 10 nitrogen and oxygen atoms in total. The first-order valence-corrected chi connectivity index (χ1v) is 15.0. The van der Waals surface area contributed by atoms with Crippen LogP contribution in [0.4, 0.5) is 4.79 Å². The fourth-order valence-electron chi connectivity index (χ4n) is 4.27. The Bertz CT molecular complexity index is 1250. The van der Waals surface area contributed by atoms with Crippen molar-refractivity contribution in [2.24, 2.45) is 5.92 Å². The van der Waals surface area contributed by atoms with E-state index in [1.807, 2.05) is 12.1 Å². The van der Waals surface area contributed by atoms with E-state index in [9.17, 15) is 24.0 Å². The number of rotatable bonds is 11. The maximum absolute atomic E-state index is 13.6. The van der Waals surface area contributed by atoms with E-state index in [1.54, 1.807) is 83.1 Å². The third-order valence-corrected chi connectivity index (χ3v) is 7.41. The molecule has 2 N–H and O–H groups in total. The van der Waals surface area contributed by atoms with Crippen molar-refractivity contribution in [3.8, 4) is 0 Å². The summed E-state index contributed by atoms with van der Waals surface area (Å²) in [6.45, 7) is 8.66. The first-order chi connectivity index (χ1) is 19.9. The SMILES string of the molecule is CC(C)[C@H](NC(=O)OC(C)(C)C)C(=O)N1CSC[C@H]1C(=O)N[C@@H](Cc1ccccc1)C(=O)C(=O)OCc1ccccc1. The highest BCUT2D eigenvalue weighted by molar-refractivity contribution is 7.99. The fourth-order valence-corrected chi connectivity index (χ4v) is 5.43. The number of amides is 3. The van der Waals surface area contributed by atoms with Gasteiger partial charge in [0.2, 0.25) is 11.8 Å². The molecule has 0 unspecified atom stereocenters. The van der Waals surface area contributed by atoms with Crippen LogP contribution in [0.25, 0.3) is 0 Å². The Hall–Kier alpha value is -3.86. The summed E-state index contributed by atoms with van der Waals surface area (Å²) in [5.74, 6) is -2.72. The van der Waals surface area contributed by atoms with Gasteiger partial charge < -0.3 is 25.0 Å². The minimum atomic E-state index is -1.20. The number of Topliss-reactive ketones (excluding diaryl/α,β-unsaturated/α-hetero) is 1. The second kappa shape index (κ2) is 14.9. The Morgan fingerprint density at radius 1 is 0.929 bits per heavy atom. The van der Waals surface area contributed by atoms with E-state index in [0.717, 1.165) is 11.1 Å². The quantitative estimate of drug-likeness (QED) is 0.297. The van der Waals surface area contributed by atoms with Gasteiger partial charge in [-0.15, -0.1) is 11.8 Å². The van der Waals surface area contributed by atoms with Gasteiger partial charge in [-0.3, -0.25) is 14.4 Å². The Kier molecular flexibility index (Phi) is 11.6. The van der Waals surface area contributed by atoms with Crippen molar-refractivity contribution < 1.29 is 33.4 Å². The first kappa shape index (κ1) is 32.7. The molecule has 2 aromatic carbocycles. The van der Waals surface area contributed by atoms with Gasteiger partial charge in [0, 0.05) is 12.2 Å². The van der Waals surface area contributed by atoms with E-state index >= 15 is 0 Å². The number of carbonyl (C=O) groups excluding carboxylic acids is 5. The Balaban J connectivity index is 1.74. The summed E-state index contributed by atoms with van der Waals surface area (Å²) in [6, 6.07) is 14.9. The van der Waals surface area contributed by atoms with Crippen molar-refractivity contribution >= 4 is 41.4 Å². The van der Waals surface area contributed by atoms with Crippen molar-refractivity contribution in [1.82, 2.24) is 15.5 Å². The highest BCUT2D eigenvalue weighted by Crippen LogP contribution is 2.24. The maximum Gasteiger partial charge on any atom is 0.408 e. The van der Waals surface area contributed by atoms with Crippen LogP contribution in [0.15, 0.2) is 60.7 Å². The van der Waals surface area contributed by atoms with Crippen LogP contribution in [0.1, 0.15) is 45.7 Å². The molecule has 0 aromatic heterocycles. The summed E-state index contributed by atoms with van der Waals surface area (Å²) >= 11 is 1.38. The molecule has 226 valence electrons. The molecule has 11 heteroatoms. The van der Waals surface area contributed by atoms with Crippen LogP contribution in [0, 0.1) is 5.92 Å². The minimum absolute atomic E-state index is 0.0640. The van der Waals surface area contributed by atoms with Gasteiger partial charge in [0.25, 0.3) is 5.78 Å². The van der Waals surface area contributed by atoms with Crippen LogP contribution in [0.3, 0.4) is 0 Å². The van der Waals surface area contributed by atoms with Gasteiger partial charge in [-0.05, 0) is 37.8 Å². The fraction of sp³-hybridized carbons (Fsp3) is 0.452. The zero-order chi connectivity index (χ0) is 30.9. The lowest BCUT2D eigenvalue weighted by Gasteiger charge is -2.31. The Morgan fingerprint density at radius 3 is 2.10 bits per heavy atom. The maximum atomic E-state index is 13.6. The van der Waals surface area contributed by atoms with Crippen LogP contribution in [-0.2, 0) is 41.7 Å². The summed E-state index contributed by atoms with van der Waals surface area (Å²) < 4.78 is 10.6. The van der Waals surface area contributed by atoms with Crippen LogP contribution < -0.4 is 10.6 Å². The molecule has 0 saturated carbocycles. The molecule has 0 radical (unpaired) electrons. The van der Waals surface area contributed by atoms with E-state index in [4.69, 9.17) is 9.47 Å². The van der Waals surface area contributed by atoms with Crippen molar-refractivity contribution in [3.05, 3.63) is 71.8 Å². The van der Waals surface area contributed by atoms with E-state index in [0.29, 0.717) is 5.75 Å². The standard InChI is InChI=1S/C31H39N3O7S/c1-20(2)25(33-30(39)41-31(3,4)5)28(37)34-19-42-18-24(34)27(36)32-23(16-21-12-8-6-9-13-21)26(35)29(38)40-17-22-14-10-7-11-15-22/h6-15,20,23-25H,16-19H2,1-5H3,(H,32,36)(H,33,39)/t23-,24-,25-/m0/s1. The second-order valence-electron chi connectivity index (χ2n) is 11.4. The highest BCUT2D eigenvalue weighted by atomic mass is 32.2. The van der Waals surface area contributed by atoms with Crippen molar-refractivity contribution in [2.45, 2.75) is 71.4 Å². The molecule has 3 rings (SSSR count). The summed E-state index contributed by atoms with van der Waals surface area (Å²) in [6.07, 6.45) is -0.668. The van der Waals surface area contributed by atoms with Crippen molar-refractivity contribution in [3.63, 3.8) is 0 Å². The highest BCUT2D eigenvalue weighted by Gasteiger charge is 2.41. The smallest absolute Gasteiger partial charge is 0.408 e. The number of nitrogens with zero attached hydrogens (tertiary/aromatic N) is 1. The molecule has 1 heterocycles. The summed E-state index contributed by atoms with van der Waals surface area (Å²) in [4.78, 5) is 66.9. The molecule has 1 aliphatic rings. The molecule has 0 bridgehead atoms. The van der Waals surface area contributed by atoms with Gasteiger partial charge >= 0.3 is 12.1 Å². The predicted molar refractivity (Wildman–Crippen MR) is 159 cm³/mol. The summed E-state index contributed by atoms with van der Waals surface area (Å²) in [5, 5.41) is 5.34. The minimum Gasteiger partial charge on any atom is -0.455 e. The Morgan fingerprint density at radius 2 is 1.52 bits per heavy atom. The number of benzene rings is 2. The largest absolute Gasteiger partial charge is 0.455 e. The molecule has 3 amide bonds. The number of thioether (sulfide) groups is 1. The number of nitrogens with one attached hydrogen (secondary N) is 2. The van der Waals surface area contributed by atoms with Crippen LogP contribution in [0.5, 0.6) is 0 Å². The molecular weight excluding hydrogens is 558 g/mol. The lowest BCUT2D eigenvalue weighted by Crippen LogP contribution is -2.58. The van der Waals surface area contributed by atoms with Gasteiger partial charge in [0.05, 0.1) is 5.88 Å². The van der Waals surface area contributed by atoms with Crippen molar-refractivity contribution in [2.75, 3.05) is 11.6 Å². The van der Waals surface area contributed by atoms with Gasteiger partial charge in [0.15, 0.2) is 0 Å². The zero-order valence-corrected chi connectivity index (χ0v) is 25.4.